The Kier molecular flexibility index (Phi) is 210. The topological polar surface area (TPSA) is 107 Å². The molecule has 0 aromatic rings. The zero-order valence-electron chi connectivity index (χ0n) is 4.63. The molecule has 0 fully saturated rings. The highest BCUT2D eigenvalue weighted by atomic mass is 35.5. The number of hydrogen-bond donors (Lipinski definition) is 3. The summed E-state index contributed by atoms with van der Waals surface area (Å²) in [5.41, 5.74) is 1.47. The summed E-state index contributed by atoms with van der Waals surface area (Å²) in [5, 5.41) is 12.0. The van der Waals surface area contributed by atoms with E-state index >= 15 is 0 Å². The Labute approximate surface area is 53.2 Å². The van der Waals surface area contributed by atoms with Gasteiger partial charge in [0, 0.05) is 0 Å². The van der Waals surface area contributed by atoms with Crippen molar-refractivity contribution >= 4 is 11.6 Å². The van der Waals surface area contributed by atoms with E-state index in [-0.39, 0.29) is 11.6 Å². The van der Waals surface area contributed by atoms with E-state index in [1.807, 2.05) is 6.92 Å². The Morgan fingerprint density at radius 1 is 1.38 bits per heavy atom. The van der Waals surface area contributed by atoms with Gasteiger partial charge in [0.2, 0.25) is 0 Å². The second-order valence-corrected chi connectivity index (χ2v) is 0.711. The van der Waals surface area contributed by atoms with E-state index in [9.17, 15) is 0 Å². The average molecular weight is 146 g/mol. The van der Waals surface area contributed by atoms with Gasteiger partial charge >= 0.3 is 0 Å². The molecule has 0 aromatic heterocycles. The van der Waals surface area contributed by atoms with E-state index in [4.69, 9.17) is 22.1 Å². The van der Waals surface area contributed by atoms with Gasteiger partial charge < -0.3 is 11.6 Å². The first-order chi connectivity index (χ1) is 2.91. The molecule has 0 saturated heterocycles. The van der Waals surface area contributed by atoms with Gasteiger partial charge in [0.25, 0.3) is 0 Å². The first kappa shape index (κ1) is 24.8. The van der Waals surface area contributed by atoms with E-state index in [1.165, 1.54) is 5.54 Å². The summed E-state index contributed by atoms with van der Waals surface area (Å²) in [4.78, 5) is 0. The van der Waals surface area contributed by atoms with Crippen LogP contribution in [0.1, 0.15) is 6.92 Å². The molecule has 0 rings (SSSR count). The molecule has 0 bridgehead atoms. The van der Waals surface area contributed by atoms with Crippen LogP contribution in [0.25, 0.3) is 0 Å². The third-order valence-corrected chi connectivity index (χ3v) is 0.378. The molecule has 0 aliphatic heterocycles. The molecule has 7 N–H and O–H groups in total. The van der Waals surface area contributed by atoms with Crippen LogP contribution < -0.4 is 6.15 Å². The molecular formula is C3H12ClNO3. The lowest BCUT2D eigenvalue weighted by Gasteiger charge is -1.46. The van der Waals surface area contributed by atoms with Gasteiger partial charge in [-0.2, -0.15) is 0 Å². The summed E-state index contributed by atoms with van der Waals surface area (Å²) in [6, 6.07) is 0. The van der Waals surface area contributed by atoms with Gasteiger partial charge in [-0.15, -0.1) is 0 Å². The summed E-state index contributed by atoms with van der Waals surface area (Å²) in [5.74, 6) is 0. The van der Waals surface area contributed by atoms with Crippen LogP contribution in [0.15, 0.2) is 11.6 Å². The molecule has 0 aliphatic rings. The summed E-state index contributed by atoms with van der Waals surface area (Å²) in [7, 11) is 0. The molecule has 0 unspecified atom stereocenters. The van der Waals surface area contributed by atoms with Gasteiger partial charge in [-0.25, -0.2) is 0 Å². The van der Waals surface area contributed by atoms with Crippen molar-refractivity contribution in [2.24, 2.45) is 0 Å². The monoisotopic (exact) mass is 145 g/mol. The molecular weight excluding hydrogens is 133 g/mol. The standard InChI is InChI=1S/C3H5Cl.H3N.H2O2.H2O/c1-2-3-4;;1-2;/h2-3H,1H3;1H3;1-2H;1H2. The zero-order valence-corrected chi connectivity index (χ0v) is 5.39. The lowest BCUT2D eigenvalue weighted by atomic mass is 10.8. The van der Waals surface area contributed by atoms with Crippen molar-refractivity contribution in [3.05, 3.63) is 11.6 Å². The maximum atomic E-state index is 6.00. The van der Waals surface area contributed by atoms with Crippen LogP contribution in [0.3, 0.4) is 0 Å². The van der Waals surface area contributed by atoms with E-state index in [2.05, 4.69) is 0 Å². The van der Waals surface area contributed by atoms with Crippen molar-refractivity contribution < 1.29 is 16.0 Å². The average Bonchev–Trinajstić information content (AvgIpc) is 1.72. The Hall–Kier alpha value is -0.130. The maximum Gasteiger partial charge on any atom is -0.0000330 e. The zero-order chi connectivity index (χ0) is 5.41. The highest BCUT2D eigenvalue weighted by Crippen LogP contribution is 1.70. The van der Waals surface area contributed by atoms with Gasteiger partial charge in [0.1, 0.15) is 0 Å². The predicted octanol–water partition coefficient (Wildman–Crippen LogP) is 1.11. The molecule has 0 aliphatic carbocycles. The van der Waals surface area contributed by atoms with Crippen molar-refractivity contribution in [1.82, 2.24) is 6.15 Å². The molecule has 0 heterocycles. The lowest BCUT2D eigenvalue weighted by molar-refractivity contribution is -0.176. The van der Waals surface area contributed by atoms with Gasteiger partial charge in [-0.3, -0.25) is 10.5 Å². The second kappa shape index (κ2) is 67.7. The quantitative estimate of drug-likeness (QED) is 0.351. The molecule has 54 valence electrons. The fraction of sp³-hybridized carbons (Fsp3) is 0.333. The van der Waals surface area contributed by atoms with Crippen molar-refractivity contribution in [3.8, 4) is 0 Å². The molecule has 8 heavy (non-hydrogen) atoms. The van der Waals surface area contributed by atoms with Crippen LogP contribution in [-0.2, 0) is 0 Å². The normalized spacial score (nSPS) is 5.50. The third-order valence-electron chi connectivity index (χ3n) is 0.126. The molecule has 0 aromatic carbocycles. The number of allylic oxidation sites excluding steroid dienone is 1. The van der Waals surface area contributed by atoms with Crippen LogP contribution in [0, 0.1) is 0 Å². The number of rotatable bonds is 0. The van der Waals surface area contributed by atoms with Gasteiger partial charge in [0.05, 0.1) is 0 Å². The SMILES string of the molecule is CC=CCl.N.O.OO. The molecule has 0 radical (unpaired) electrons. The van der Waals surface area contributed by atoms with Crippen LogP contribution >= 0.6 is 11.6 Å². The van der Waals surface area contributed by atoms with Crippen molar-refractivity contribution in [2.45, 2.75) is 6.92 Å². The number of hydrogen-bond acceptors (Lipinski definition) is 3. The minimum Gasteiger partial charge on any atom is -0.412 e. The summed E-state index contributed by atoms with van der Waals surface area (Å²) in [6.07, 6.45) is 1.77. The van der Waals surface area contributed by atoms with Crippen molar-refractivity contribution in [1.29, 1.82) is 0 Å². The van der Waals surface area contributed by atoms with Crippen LogP contribution in [-0.4, -0.2) is 16.0 Å². The molecule has 4 nitrogen and oxygen atoms in total. The van der Waals surface area contributed by atoms with Crippen LogP contribution in [0.4, 0.5) is 0 Å². The van der Waals surface area contributed by atoms with Gasteiger partial charge in [-0.05, 0) is 12.5 Å². The van der Waals surface area contributed by atoms with Gasteiger partial charge in [0.15, 0.2) is 0 Å². The Morgan fingerprint density at radius 2 is 1.50 bits per heavy atom. The summed E-state index contributed by atoms with van der Waals surface area (Å²) >= 11 is 5.01. The summed E-state index contributed by atoms with van der Waals surface area (Å²) in [6.45, 7) is 1.87. The van der Waals surface area contributed by atoms with Crippen molar-refractivity contribution in [2.75, 3.05) is 0 Å². The predicted molar refractivity (Wildman–Crippen MR) is 34.6 cm³/mol. The van der Waals surface area contributed by atoms with E-state index < -0.39 is 0 Å². The van der Waals surface area contributed by atoms with Crippen molar-refractivity contribution in [3.63, 3.8) is 0 Å². The third kappa shape index (κ3) is 184. The smallest absolute Gasteiger partial charge is 0.0000330 e. The minimum absolute atomic E-state index is 0. The summed E-state index contributed by atoms with van der Waals surface area (Å²) < 4.78 is 0. The highest BCUT2D eigenvalue weighted by molar-refractivity contribution is 6.25. The van der Waals surface area contributed by atoms with Crippen LogP contribution in [0.5, 0.6) is 0 Å². The fourth-order valence-corrected chi connectivity index (χ4v) is 0. The van der Waals surface area contributed by atoms with E-state index in [0.29, 0.717) is 0 Å². The maximum absolute atomic E-state index is 6.00. The Morgan fingerprint density at radius 3 is 1.50 bits per heavy atom. The Balaban J connectivity index is -0.0000000183. The van der Waals surface area contributed by atoms with Crippen LogP contribution in [0.2, 0.25) is 0 Å². The van der Waals surface area contributed by atoms with Gasteiger partial charge in [-0.1, -0.05) is 17.7 Å². The molecule has 0 amide bonds. The largest absolute Gasteiger partial charge is 0.412 e. The highest BCUT2D eigenvalue weighted by Gasteiger charge is 1.37. The first-order valence-electron chi connectivity index (χ1n) is 1.33. The fourth-order valence-electron chi connectivity index (χ4n) is 0. The minimum atomic E-state index is 0. The molecule has 5 heteroatoms. The molecule has 0 spiro atoms. The molecule has 0 atom stereocenters. The number of halogens is 1. The molecule has 0 saturated carbocycles. The first-order valence-corrected chi connectivity index (χ1v) is 1.77. The van der Waals surface area contributed by atoms with E-state index in [0.717, 1.165) is 0 Å². The van der Waals surface area contributed by atoms with E-state index in [1.54, 1.807) is 6.08 Å². The lowest BCUT2D eigenvalue weighted by Crippen LogP contribution is -1.29. The Bertz CT molecular complexity index is 29.7. The second-order valence-electron chi connectivity index (χ2n) is 0.459.